The fourth-order valence-corrected chi connectivity index (χ4v) is 3.57. The number of rotatable bonds is 7. The summed E-state index contributed by atoms with van der Waals surface area (Å²) in [5.41, 5.74) is 2.07. The minimum atomic E-state index is 0.181. The van der Waals surface area contributed by atoms with E-state index in [-0.39, 0.29) is 11.8 Å². The average Bonchev–Trinajstić information content (AvgIpc) is 3.29. The number of anilines is 2. The number of hydrogen-bond acceptors (Lipinski definition) is 7. The van der Waals surface area contributed by atoms with Gasteiger partial charge in [-0.1, -0.05) is 12.1 Å². The number of nitrogens with zero attached hydrogens (tertiary/aromatic N) is 5. The van der Waals surface area contributed by atoms with E-state index in [0.29, 0.717) is 24.7 Å². The molecular weight excluding hydrogens is 380 g/mol. The molecule has 1 aromatic carbocycles. The molecule has 3 aromatic rings. The van der Waals surface area contributed by atoms with Gasteiger partial charge in [0.1, 0.15) is 5.75 Å². The molecule has 1 aliphatic rings. The molecule has 1 atom stereocenters. The van der Waals surface area contributed by atoms with Gasteiger partial charge in [-0.2, -0.15) is 0 Å². The van der Waals surface area contributed by atoms with Gasteiger partial charge in [-0.15, -0.1) is 0 Å². The monoisotopic (exact) mass is 404 g/mol. The van der Waals surface area contributed by atoms with E-state index >= 15 is 0 Å². The van der Waals surface area contributed by atoms with Crippen LogP contribution in [0.15, 0.2) is 55.1 Å². The van der Waals surface area contributed by atoms with Crippen molar-refractivity contribution in [3.63, 3.8) is 0 Å². The summed E-state index contributed by atoms with van der Waals surface area (Å²) in [6.07, 6.45) is 8.70. The zero-order valence-corrected chi connectivity index (χ0v) is 16.9. The van der Waals surface area contributed by atoms with E-state index in [2.05, 4.69) is 25.3 Å². The lowest BCUT2D eigenvalue weighted by molar-refractivity contribution is -0.130. The Bertz CT molecular complexity index is 980. The molecule has 4 rings (SSSR count). The summed E-state index contributed by atoms with van der Waals surface area (Å²) in [6, 6.07) is 9.77. The molecule has 154 valence electrons. The third kappa shape index (κ3) is 4.89. The first-order valence-electron chi connectivity index (χ1n) is 9.98. The fourth-order valence-electron chi connectivity index (χ4n) is 3.57. The number of methoxy groups -OCH3 is 1. The van der Waals surface area contributed by atoms with Gasteiger partial charge in [0.15, 0.2) is 5.82 Å². The largest absolute Gasteiger partial charge is 0.497 e. The Morgan fingerprint density at radius 3 is 2.80 bits per heavy atom. The van der Waals surface area contributed by atoms with Crippen molar-refractivity contribution >= 4 is 17.7 Å². The molecule has 8 heteroatoms. The first-order valence-corrected chi connectivity index (χ1v) is 9.98. The van der Waals surface area contributed by atoms with Gasteiger partial charge in [0, 0.05) is 44.0 Å². The van der Waals surface area contributed by atoms with Crippen molar-refractivity contribution in [2.45, 2.75) is 25.2 Å². The molecule has 0 spiro atoms. The predicted molar refractivity (Wildman–Crippen MR) is 113 cm³/mol. The van der Waals surface area contributed by atoms with Crippen LogP contribution in [0.3, 0.4) is 0 Å². The van der Waals surface area contributed by atoms with Gasteiger partial charge >= 0.3 is 0 Å². The molecule has 0 radical (unpaired) electrons. The van der Waals surface area contributed by atoms with Crippen molar-refractivity contribution in [1.29, 1.82) is 0 Å². The van der Waals surface area contributed by atoms with Crippen molar-refractivity contribution < 1.29 is 9.53 Å². The molecule has 0 unspecified atom stereocenters. The van der Waals surface area contributed by atoms with Gasteiger partial charge < -0.3 is 15.0 Å². The Kier molecular flexibility index (Phi) is 6.12. The van der Waals surface area contributed by atoms with E-state index in [9.17, 15) is 4.79 Å². The van der Waals surface area contributed by atoms with Crippen LogP contribution in [-0.2, 0) is 11.2 Å². The zero-order valence-electron chi connectivity index (χ0n) is 16.9. The van der Waals surface area contributed by atoms with Crippen molar-refractivity contribution in [3.8, 4) is 5.75 Å². The number of nitrogens with one attached hydrogen (secondary N) is 1. The predicted octanol–water partition coefficient (Wildman–Crippen LogP) is 2.97. The number of likely N-dealkylation sites (tertiary alicyclic amines) is 1. The molecule has 0 bridgehead atoms. The van der Waals surface area contributed by atoms with Crippen LogP contribution >= 0.6 is 0 Å². The highest BCUT2D eigenvalue weighted by atomic mass is 16.5. The van der Waals surface area contributed by atoms with E-state index in [0.717, 1.165) is 36.4 Å². The lowest BCUT2D eigenvalue weighted by atomic mass is 10.1. The second-order valence-corrected chi connectivity index (χ2v) is 7.19. The van der Waals surface area contributed by atoms with E-state index in [1.54, 1.807) is 31.9 Å². The van der Waals surface area contributed by atoms with E-state index in [1.807, 2.05) is 35.2 Å². The highest BCUT2D eigenvalue weighted by molar-refractivity contribution is 5.76. The fraction of sp³-hybridized carbons (Fsp3) is 0.318. The second kappa shape index (κ2) is 9.30. The summed E-state index contributed by atoms with van der Waals surface area (Å²) in [5.74, 6) is 2.29. The van der Waals surface area contributed by atoms with Gasteiger partial charge in [0.25, 0.3) is 0 Å². The molecule has 0 aliphatic carbocycles. The normalized spacial score (nSPS) is 15.8. The standard InChI is InChI=1S/C22H24N6O2/c1-30-18-5-2-16(3-6-18)4-7-21(29)28-13-9-17(15-28)19-8-10-25-22(26-19)27-20-14-23-11-12-24-20/h2-3,5-6,8,10-12,14,17H,4,7,9,13,15H2,1H3,(H,24,25,26,27)/t17-/m0/s1. The van der Waals surface area contributed by atoms with Crippen LogP contribution in [0, 0.1) is 0 Å². The van der Waals surface area contributed by atoms with Crippen LogP contribution in [-0.4, -0.2) is 50.9 Å². The average molecular weight is 404 g/mol. The first kappa shape index (κ1) is 19.8. The minimum Gasteiger partial charge on any atom is -0.497 e. The number of amides is 1. The highest BCUT2D eigenvalue weighted by Gasteiger charge is 2.28. The SMILES string of the molecule is COc1ccc(CCC(=O)N2CC[C@H](c3ccnc(Nc4cnccn4)n3)C2)cc1. The number of carbonyl (C=O) groups excluding carboxylic acids is 1. The molecule has 3 heterocycles. The van der Waals surface area contributed by atoms with E-state index in [1.165, 1.54) is 0 Å². The first-order chi connectivity index (χ1) is 14.7. The molecule has 1 saturated heterocycles. The Morgan fingerprint density at radius 2 is 2.03 bits per heavy atom. The molecule has 8 nitrogen and oxygen atoms in total. The summed E-state index contributed by atoms with van der Waals surface area (Å²) in [7, 11) is 1.65. The molecule has 1 fully saturated rings. The molecule has 1 N–H and O–H groups in total. The van der Waals surface area contributed by atoms with Gasteiger partial charge in [0.05, 0.1) is 19.0 Å². The summed E-state index contributed by atoms with van der Waals surface area (Å²) >= 11 is 0. The van der Waals surface area contributed by atoms with E-state index < -0.39 is 0 Å². The number of benzene rings is 1. The summed E-state index contributed by atoms with van der Waals surface area (Å²) < 4.78 is 5.17. The number of aryl methyl sites for hydroxylation is 1. The number of hydrogen-bond donors (Lipinski definition) is 1. The summed E-state index contributed by atoms with van der Waals surface area (Å²) in [5, 5.41) is 3.06. The van der Waals surface area contributed by atoms with Crippen LogP contribution in [0.2, 0.25) is 0 Å². The van der Waals surface area contributed by atoms with Crippen LogP contribution in [0.5, 0.6) is 5.75 Å². The van der Waals surface area contributed by atoms with Crippen LogP contribution in [0.4, 0.5) is 11.8 Å². The minimum absolute atomic E-state index is 0.181. The number of aromatic nitrogens is 4. The molecular formula is C22H24N6O2. The van der Waals surface area contributed by atoms with Gasteiger partial charge in [-0.05, 0) is 36.6 Å². The Balaban J connectivity index is 1.32. The number of ether oxygens (including phenoxy) is 1. The third-order valence-electron chi connectivity index (χ3n) is 5.23. The summed E-state index contributed by atoms with van der Waals surface area (Å²) in [6.45, 7) is 1.44. The zero-order chi connectivity index (χ0) is 20.8. The maximum Gasteiger partial charge on any atom is 0.228 e. The smallest absolute Gasteiger partial charge is 0.228 e. The van der Waals surface area contributed by atoms with Crippen molar-refractivity contribution in [3.05, 3.63) is 66.4 Å². The molecule has 30 heavy (non-hydrogen) atoms. The van der Waals surface area contributed by atoms with Crippen molar-refractivity contribution in [2.75, 3.05) is 25.5 Å². The Hall–Kier alpha value is -3.55. The lowest BCUT2D eigenvalue weighted by Crippen LogP contribution is -2.28. The lowest BCUT2D eigenvalue weighted by Gasteiger charge is -2.17. The van der Waals surface area contributed by atoms with Gasteiger partial charge in [-0.3, -0.25) is 9.78 Å². The maximum absolute atomic E-state index is 12.7. The van der Waals surface area contributed by atoms with Crippen LogP contribution in [0.1, 0.15) is 30.0 Å². The van der Waals surface area contributed by atoms with Crippen LogP contribution in [0.25, 0.3) is 0 Å². The molecule has 0 saturated carbocycles. The van der Waals surface area contributed by atoms with Crippen LogP contribution < -0.4 is 10.1 Å². The van der Waals surface area contributed by atoms with E-state index in [4.69, 9.17) is 4.74 Å². The third-order valence-corrected chi connectivity index (χ3v) is 5.23. The topological polar surface area (TPSA) is 93.1 Å². The molecule has 1 aliphatic heterocycles. The second-order valence-electron chi connectivity index (χ2n) is 7.19. The molecule has 1 amide bonds. The van der Waals surface area contributed by atoms with Crippen molar-refractivity contribution in [1.82, 2.24) is 24.8 Å². The highest BCUT2D eigenvalue weighted by Crippen LogP contribution is 2.27. The Morgan fingerprint density at radius 1 is 1.17 bits per heavy atom. The molecule has 2 aromatic heterocycles. The summed E-state index contributed by atoms with van der Waals surface area (Å²) in [4.78, 5) is 31.7. The maximum atomic E-state index is 12.7. The quantitative estimate of drug-likeness (QED) is 0.647. The van der Waals surface area contributed by atoms with Gasteiger partial charge in [-0.25, -0.2) is 15.0 Å². The Labute approximate surface area is 175 Å². The number of carbonyl (C=O) groups is 1. The van der Waals surface area contributed by atoms with Crippen molar-refractivity contribution in [2.24, 2.45) is 0 Å². The van der Waals surface area contributed by atoms with Gasteiger partial charge in [0.2, 0.25) is 11.9 Å².